The van der Waals surface area contributed by atoms with Gasteiger partial charge in [0.05, 0.1) is 11.7 Å². The summed E-state index contributed by atoms with van der Waals surface area (Å²) in [6.07, 6.45) is 3.81. The van der Waals surface area contributed by atoms with Gasteiger partial charge in [-0.3, -0.25) is 9.78 Å². The first-order chi connectivity index (χ1) is 8.97. The van der Waals surface area contributed by atoms with E-state index in [9.17, 15) is 4.79 Å². The molecule has 0 aliphatic carbocycles. The van der Waals surface area contributed by atoms with Gasteiger partial charge in [0, 0.05) is 17.9 Å². The quantitative estimate of drug-likeness (QED) is 0.870. The highest BCUT2D eigenvalue weighted by Crippen LogP contribution is 2.23. The lowest BCUT2D eigenvalue weighted by Crippen LogP contribution is -2.36. The first kappa shape index (κ1) is 16.0. The zero-order valence-corrected chi connectivity index (χ0v) is 13.3. The normalized spacial score (nSPS) is 14.2. The Morgan fingerprint density at radius 2 is 2.11 bits per heavy atom. The van der Waals surface area contributed by atoms with Crippen LogP contribution in [0.2, 0.25) is 0 Å². The van der Waals surface area contributed by atoms with Crippen LogP contribution in [0.15, 0.2) is 18.3 Å². The SMILES string of the molecule is CSC[C@@H](C)C(=O)N[C@@H](c1ncccc1C)C(C)C. The monoisotopic (exact) mass is 280 g/mol. The van der Waals surface area contributed by atoms with Crippen molar-refractivity contribution in [3.8, 4) is 0 Å². The molecule has 19 heavy (non-hydrogen) atoms. The molecule has 3 nitrogen and oxygen atoms in total. The van der Waals surface area contributed by atoms with Crippen molar-refractivity contribution in [2.24, 2.45) is 11.8 Å². The number of aryl methyl sites for hydroxylation is 1. The van der Waals surface area contributed by atoms with Gasteiger partial charge in [-0.1, -0.05) is 26.8 Å². The molecular weight excluding hydrogens is 256 g/mol. The van der Waals surface area contributed by atoms with Crippen LogP contribution in [0.5, 0.6) is 0 Å². The molecule has 1 heterocycles. The summed E-state index contributed by atoms with van der Waals surface area (Å²) in [4.78, 5) is 16.6. The van der Waals surface area contributed by atoms with E-state index in [0.29, 0.717) is 5.92 Å². The molecule has 4 heteroatoms. The number of aromatic nitrogens is 1. The predicted molar refractivity (Wildman–Crippen MR) is 82.2 cm³/mol. The van der Waals surface area contributed by atoms with Crippen LogP contribution in [0.25, 0.3) is 0 Å². The number of carbonyl (C=O) groups is 1. The molecule has 106 valence electrons. The summed E-state index contributed by atoms with van der Waals surface area (Å²) in [6, 6.07) is 3.95. The largest absolute Gasteiger partial charge is 0.347 e. The van der Waals surface area contributed by atoms with Crippen molar-refractivity contribution in [3.05, 3.63) is 29.6 Å². The van der Waals surface area contributed by atoms with E-state index >= 15 is 0 Å². The Balaban J connectivity index is 2.86. The molecule has 1 aromatic rings. The molecule has 0 fully saturated rings. The van der Waals surface area contributed by atoms with Crippen LogP contribution in [0.3, 0.4) is 0 Å². The molecule has 0 saturated heterocycles. The second-order valence-electron chi connectivity index (χ2n) is 5.29. The first-order valence-corrected chi connectivity index (χ1v) is 8.07. The summed E-state index contributed by atoms with van der Waals surface area (Å²) in [5, 5.41) is 3.14. The van der Waals surface area contributed by atoms with E-state index in [1.807, 2.05) is 32.2 Å². The molecule has 1 rings (SSSR count). The number of nitrogens with zero attached hydrogens (tertiary/aromatic N) is 1. The molecule has 1 aromatic heterocycles. The maximum atomic E-state index is 12.2. The molecule has 0 unspecified atom stereocenters. The highest BCUT2D eigenvalue weighted by atomic mass is 32.2. The Hall–Kier alpha value is -1.03. The molecule has 0 spiro atoms. The van der Waals surface area contributed by atoms with Gasteiger partial charge in [0.15, 0.2) is 0 Å². The minimum Gasteiger partial charge on any atom is -0.347 e. The Morgan fingerprint density at radius 3 is 2.63 bits per heavy atom. The van der Waals surface area contributed by atoms with Crippen LogP contribution >= 0.6 is 11.8 Å². The van der Waals surface area contributed by atoms with Crippen LogP contribution in [-0.4, -0.2) is 22.9 Å². The average Bonchev–Trinajstić information content (AvgIpc) is 2.36. The summed E-state index contributed by atoms with van der Waals surface area (Å²) in [7, 11) is 0. The van der Waals surface area contributed by atoms with Gasteiger partial charge in [-0.05, 0) is 30.7 Å². The van der Waals surface area contributed by atoms with E-state index in [1.165, 1.54) is 0 Å². The van der Waals surface area contributed by atoms with Crippen LogP contribution in [0, 0.1) is 18.8 Å². The van der Waals surface area contributed by atoms with Gasteiger partial charge < -0.3 is 5.32 Å². The summed E-state index contributed by atoms with van der Waals surface area (Å²) in [5.41, 5.74) is 2.10. The number of hydrogen-bond acceptors (Lipinski definition) is 3. The molecule has 0 bridgehead atoms. The van der Waals surface area contributed by atoms with Crippen molar-refractivity contribution in [1.29, 1.82) is 0 Å². The standard InChI is InChI=1S/C15H24N2OS/c1-10(2)13(14-11(3)7-6-8-16-14)17-15(18)12(4)9-19-5/h6-8,10,12-13H,9H2,1-5H3,(H,17,18)/t12-,13-/m1/s1. The third kappa shape index (κ3) is 4.53. The maximum Gasteiger partial charge on any atom is 0.224 e. The second-order valence-corrected chi connectivity index (χ2v) is 6.20. The van der Waals surface area contributed by atoms with Crippen molar-refractivity contribution in [3.63, 3.8) is 0 Å². The van der Waals surface area contributed by atoms with Gasteiger partial charge in [0.1, 0.15) is 0 Å². The van der Waals surface area contributed by atoms with E-state index in [4.69, 9.17) is 0 Å². The van der Waals surface area contributed by atoms with Gasteiger partial charge in [-0.25, -0.2) is 0 Å². The lowest BCUT2D eigenvalue weighted by molar-refractivity contribution is -0.125. The molecule has 0 aliphatic rings. The number of amides is 1. The fourth-order valence-electron chi connectivity index (χ4n) is 2.00. The predicted octanol–water partition coefficient (Wildman–Crippen LogP) is 3.20. The lowest BCUT2D eigenvalue weighted by Gasteiger charge is -2.25. The first-order valence-electron chi connectivity index (χ1n) is 6.68. The van der Waals surface area contributed by atoms with Gasteiger partial charge in [0.25, 0.3) is 0 Å². The molecule has 0 aromatic carbocycles. The van der Waals surface area contributed by atoms with Crippen LogP contribution < -0.4 is 5.32 Å². The van der Waals surface area contributed by atoms with E-state index in [-0.39, 0.29) is 17.9 Å². The molecule has 1 amide bonds. The fourth-order valence-corrected chi connectivity index (χ4v) is 2.65. The van der Waals surface area contributed by atoms with Crippen molar-refractivity contribution < 1.29 is 4.79 Å². The lowest BCUT2D eigenvalue weighted by atomic mass is 9.96. The van der Waals surface area contributed by atoms with Crippen molar-refractivity contribution in [2.75, 3.05) is 12.0 Å². The van der Waals surface area contributed by atoms with Gasteiger partial charge in [0.2, 0.25) is 5.91 Å². The number of pyridine rings is 1. The number of hydrogen-bond donors (Lipinski definition) is 1. The molecule has 0 aliphatic heterocycles. The summed E-state index contributed by atoms with van der Waals surface area (Å²) < 4.78 is 0. The number of carbonyl (C=O) groups excluding carboxylic acids is 1. The molecule has 2 atom stereocenters. The fraction of sp³-hybridized carbons (Fsp3) is 0.600. The molecule has 0 radical (unpaired) electrons. The van der Waals surface area contributed by atoms with E-state index < -0.39 is 0 Å². The minimum atomic E-state index is -0.0157. The summed E-state index contributed by atoms with van der Waals surface area (Å²) in [6.45, 7) is 8.22. The second kappa shape index (κ2) is 7.53. The van der Waals surface area contributed by atoms with E-state index in [2.05, 4.69) is 24.1 Å². The Morgan fingerprint density at radius 1 is 1.42 bits per heavy atom. The zero-order valence-electron chi connectivity index (χ0n) is 12.4. The highest BCUT2D eigenvalue weighted by molar-refractivity contribution is 7.98. The van der Waals surface area contributed by atoms with Gasteiger partial charge in [-0.2, -0.15) is 11.8 Å². The Bertz CT molecular complexity index is 420. The van der Waals surface area contributed by atoms with Gasteiger partial charge >= 0.3 is 0 Å². The van der Waals surface area contributed by atoms with Crippen molar-refractivity contribution in [1.82, 2.24) is 10.3 Å². The average molecular weight is 280 g/mol. The number of thioether (sulfide) groups is 1. The summed E-state index contributed by atoms with van der Waals surface area (Å²) >= 11 is 1.70. The Kier molecular flexibility index (Phi) is 6.35. The minimum absolute atomic E-state index is 0.0157. The van der Waals surface area contributed by atoms with Crippen molar-refractivity contribution >= 4 is 17.7 Å². The Labute approximate surface area is 120 Å². The molecular formula is C15H24N2OS. The molecule has 1 N–H and O–H groups in total. The van der Waals surface area contributed by atoms with Crippen molar-refractivity contribution in [2.45, 2.75) is 33.7 Å². The summed E-state index contributed by atoms with van der Waals surface area (Å²) in [5.74, 6) is 1.30. The van der Waals surface area contributed by atoms with Crippen LogP contribution in [-0.2, 0) is 4.79 Å². The number of rotatable bonds is 6. The molecule has 0 saturated carbocycles. The number of nitrogens with one attached hydrogen (secondary N) is 1. The zero-order chi connectivity index (χ0) is 14.4. The highest BCUT2D eigenvalue weighted by Gasteiger charge is 2.23. The topological polar surface area (TPSA) is 42.0 Å². The maximum absolute atomic E-state index is 12.2. The van der Waals surface area contributed by atoms with E-state index in [1.54, 1.807) is 18.0 Å². The van der Waals surface area contributed by atoms with Crippen LogP contribution in [0.4, 0.5) is 0 Å². The van der Waals surface area contributed by atoms with E-state index in [0.717, 1.165) is 17.0 Å². The van der Waals surface area contributed by atoms with Gasteiger partial charge in [-0.15, -0.1) is 0 Å². The third-order valence-corrected chi connectivity index (χ3v) is 4.01. The van der Waals surface area contributed by atoms with Crippen LogP contribution in [0.1, 0.15) is 38.1 Å². The third-order valence-electron chi connectivity index (χ3n) is 3.17. The smallest absolute Gasteiger partial charge is 0.224 e.